The third kappa shape index (κ3) is 8.22. The van der Waals surface area contributed by atoms with Crippen molar-refractivity contribution in [1.82, 2.24) is 10.6 Å². The van der Waals surface area contributed by atoms with Crippen molar-refractivity contribution in [3.05, 3.63) is 101 Å². The predicted octanol–water partition coefficient (Wildman–Crippen LogP) is 4.04. The zero-order valence-electron chi connectivity index (χ0n) is 20.9. The third-order valence-corrected chi connectivity index (χ3v) is 5.80. The summed E-state index contributed by atoms with van der Waals surface area (Å²) in [5, 5.41) is 14.3. The van der Waals surface area contributed by atoms with E-state index in [1.54, 1.807) is 30.3 Å². The van der Waals surface area contributed by atoms with E-state index in [-0.39, 0.29) is 18.8 Å². The molecule has 37 heavy (non-hydrogen) atoms. The van der Waals surface area contributed by atoms with Crippen molar-refractivity contribution >= 4 is 17.9 Å². The van der Waals surface area contributed by atoms with Crippen LogP contribution in [0.25, 0.3) is 6.08 Å². The zero-order chi connectivity index (χ0) is 26.0. The fourth-order valence-electron chi connectivity index (χ4n) is 3.55. The highest BCUT2D eigenvalue weighted by Gasteiger charge is 2.23. The number of aryl methyl sites for hydroxylation is 1. The van der Waals surface area contributed by atoms with E-state index in [0.29, 0.717) is 24.0 Å². The number of amides is 2. The highest BCUT2D eigenvalue weighted by molar-refractivity contribution is 6.05. The first-order chi connectivity index (χ1) is 18.0. The van der Waals surface area contributed by atoms with E-state index in [1.807, 2.05) is 24.3 Å². The Morgan fingerprint density at radius 2 is 1.62 bits per heavy atom. The third-order valence-electron chi connectivity index (χ3n) is 5.80. The van der Waals surface area contributed by atoms with E-state index in [4.69, 9.17) is 14.6 Å². The number of benzene rings is 3. The van der Waals surface area contributed by atoms with Gasteiger partial charge in [0.05, 0.1) is 19.3 Å². The number of nitrogens with one attached hydrogen (secondary N) is 2. The van der Waals surface area contributed by atoms with Gasteiger partial charge in [-0.05, 0) is 73.4 Å². The summed E-state index contributed by atoms with van der Waals surface area (Å²) in [5.74, 6) is 0.520. The van der Waals surface area contributed by atoms with Gasteiger partial charge in [-0.2, -0.15) is 0 Å². The maximum Gasteiger partial charge on any atom is 0.267 e. The molecule has 1 aliphatic carbocycles. The minimum Gasteiger partial charge on any atom is -0.493 e. The van der Waals surface area contributed by atoms with Crippen molar-refractivity contribution in [2.24, 2.45) is 0 Å². The van der Waals surface area contributed by atoms with Crippen molar-refractivity contribution in [3.63, 3.8) is 0 Å². The normalized spacial score (nSPS) is 13.1. The van der Waals surface area contributed by atoms with Crippen molar-refractivity contribution in [1.29, 1.82) is 0 Å². The number of hydrogen-bond acceptors (Lipinski definition) is 5. The number of aliphatic hydroxyl groups is 1. The van der Waals surface area contributed by atoms with Gasteiger partial charge >= 0.3 is 0 Å². The Morgan fingerprint density at radius 3 is 2.27 bits per heavy atom. The van der Waals surface area contributed by atoms with Crippen molar-refractivity contribution < 1.29 is 24.2 Å². The minimum atomic E-state index is -0.489. The fraction of sp³-hybridized carbons (Fsp3) is 0.267. The monoisotopic (exact) mass is 500 g/mol. The lowest BCUT2D eigenvalue weighted by atomic mass is 10.1. The van der Waals surface area contributed by atoms with Gasteiger partial charge < -0.3 is 25.2 Å². The van der Waals surface area contributed by atoms with Crippen LogP contribution in [0.2, 0.25) is 0 Å². The Bertz CT molecular complexity index is 1210. The molecule has 0 unspecified atom stereocenters. The van der Waals surface area contributed by atoms with Crippen LogP contribution in [0.15, 0.2) is 78.5 Å². The van der Waals surface area contributed by atoms with E-state index >= 15 is 0 Å². The molecule has 1 fully saturated rings. The summed E-state index contributed by atoms with van der Waals surface area (Å²) in [5.41, 5.74) is 3.62. The van der Waals surface area contributed by atoms with E-state index < -0.39 is 11.8 Å². The van der Waals surface area contributed by atoms with Crippen LogP contribution >= 0.6 is 0 Å². The summed E-state index contributed by atoms with van der Waals surface area (Å²) >= 11 is 0. The van der Waals surface area contributed by atoms with Gasteiger partial charge in [0, 0.05) is 18.5 Å². The van der Waals surface area contributed by atoms with Gasteiger partial charge in [0.15, 0.2) is 0 Å². The van der Waals surface area contributed by atoms with Gasteiger partial charge in [0.1, 0.15) is 17.2 Å². The van der Waals surface area contributed by atoms with Crippen LogP contribution in [-0.2, 0) is 11.2 Å². The number of carbonyl (C=O) groups is 2. The van der Waals surface area contributed by atoms with Crippen molar-refractivity contribution in [2.75, 3.05) is 19.8 Å². The van der Waals surface area contributed by atoms with Crippen LogP contribution in [0.3, 0.4) is 0 Å². The molecule has 0 heterocycles. The molecule has 3 N–H and O–H groups in total. The summed E-state index contributed by atoms with van der Waals surface area (Å²) in [6, 6.07) is 22.4. The quantitative estimate of drug-likeness (QED) is 0.326. The molecule has 0 atom stereocenters. The van der Waals surface area contributed by atoms with Crippen LogP contribution in [0.5, 0.6) is 11.5 Å². The van der Waals surface area contributed by atoms with Crippen LogP contribution in [0.1, 0.15) is 39.9 Å². The van der Waals surface area contributed by atoms with Crippen LogP contribution in [-0.4, -0.2) is 42.8 Å². The lowest BCUT2D eigenvalue weighted by molar-refractivity contribution is -0.117. The minimum absolute atomic E-state index is 0.0766. The molecule has 0 saturated heterocycles. The Hall–Kier alpha value is -4.10. The average molecular weight is 501 g/mol. The average Bonchev–Trinajstić information content (AvgIpc) is 3.73. The summed E-state index contributed by atoms with van der Waals surface area (Å²) in [6.45, 7) is 2.46. The molecule has 4 rings (SSSR count). The molecule has 0 bridgehead atoms. The number of ether oxygens (including phenoxy) is 2. The molecule has 7 nitrogen and oxygen atoms in total. The number of rotatable bonds is 12. The highest BCUT2D eigenvalue weighted by atomic mass is 16.5. The Kier molecular flexibility index (Phi) is 8.94. The molecule has 0 radical (unpaired) electrons. The first-order valence-electron chi connectivity index (χ1n) is 12.5. The Balaban J connectivity index is 1.37. The Labute approximate surface area is 217 Å². The van der Waals surface area contributed by atoms with Gasteiger partial charge in [-0.1, -0.05) is 42.0 Å². The van der Waals surface area contributed by atoms with Gasteiger partial charge in [-0.3, -0.25) is 9.59 Å². The topological polar surface area (TPSA) is 96.9 Å². The number of carbonyl (C=O) groups excluding carboxylic acids is 2. The maximum atomic E-state index is 12.9. The fourth-order valence-corrected chi connectivity index (χ4v) is 3.55. The van der Waals surface area contributed by atoms with Crippen molar-refractivity contribution in [3.8, 4) is 11.5 Å². The molecule has 0 aromatic heterocycles. The largest absolute Gasteiger partial charge is 0.493 e. The summed E-state index contributed by atoms with van der Waals surface area (Å²) in [6.07, 6.45) is 4.82. The molecule has 192 valence electrons. The maximum absolute atomic E-state index is 12.9. The molecular weight excluding hydrogens is 468 g/mol. The molecular formula is C30H32N2O5. The second-order valence-corrected chi connectivity index (χ2v) is 8.99. The summed E-state index contributed by atoms with van der Waals surface area (Å²) < 4.78 is 11.6. The second-order valence-electron chi connectivity index (χ2n) is 8.99. The van der Waals surface area contributed by atoms with Gasteiger partial charge in [-0.15, -0.1) is 0 Å². The molecule has 7 heteroatoms. The number of hydrogen-bond donors (Lipinski definition) is 3. The van der Waals surface area contributed by atoms with E-state index in [9.17, 15) is 9.59 Å². The smallest absolute Gasteiger partial charge is 0.267 e. The highest BCUT2D eigenvalue weighted by Crippen LogP contribution is 2.27. The predicted molar refractivity (Wildman–Crippen MR) is 142 cm³/mol. The molecule has 3 aromatic rings. The van der Waals surface area contributed by atoms with Gasteiger partial charge in [0.2, 0.25) is 0 Å². The lowest BCUT2D eigenvalue weighted by Gasteiger charge is -2.12. The van der Waals surface area contributed by atoms with Crippen LogP contribution in [0, 0.1) is 6.92 Å². The van der Waals surface area contributed by atoms with E-state index in [2.05, 4.69) is 41.8 Å². The molecule has 0 spiro atoms. The van der Waals surface area contributed by atoms with Crippen LogP contribution in [0.4, 0.5) is 0 Å². The first kappa shape index (κ1) is 26.0. The van der Waals surface area contributed by atoms with E-state index in [0.717, 1.165) is 30.6 Å². The summed E-state index contributed by atoms with van der Waals surface area (Å²) in [7, 11) is 0. The first-order valence-corrected chi connectivity index (χ1v) is 12.5. The summed E-state index contributed by atoms with van der Waals surface area (Å²) in [4.78, 5) is 25.6. The van der Waals surface area contributed by atoms with Crippen molar-refractivity contribution in [2.45, 2.75) is 32.3 Å². The Morgan fingerprint density at radius 1 is 0.946 bits per heavy atom. The molecule has 3 aromatic carbocycles. The molecule has 1 saturated carbocycles. The SMILES string of the molecule is Cc1ccc(CCOc2ccc(C(=O)N/C(=C\c3ccc(OC4CC4)cc3)C(=O)NCCO)cc2)cc1. The molecule has 2 amide bonds. The van der Waals surface area contributed by atoms with E-state index in [1.165, 1.54) is 11.1 Å². The van der Waals surface area contributed by atoms with Crippen LogP contribution < -0.4 is 20.1 Å². The van der Waals surface area contributed by atoms with Gasteiger partial charge in [-0.25, -0.2) is 0 Å². The lowest BCUT2D eigenvalue weighted by Crippen LogP contribution is -2.36. The standard InChI is InChI=1S/C30H32N2O5/c1-21-2-4-22(5-3-21)16-19-36-25-12-8-24(9-13-25)29(34)32-28(30(35)31-17-18-33)20-23-6-10-26(11-7-23)37-27-14-15-27/h2-13,20,27,33H,14-19H2,1H3,(H,31,35)(H,32,34)/b28-20-. The second kappa shape index (κ2) is 12.7. The zero-order valence-corrected chi connectivity index (χ0v) is 20.9. The molecule has 0 aliphatic heterocycles. The van der Waals surface area contributed by atoms with Gasteiger partial charge in [0.25, 0.3) is 11.8 Å². The number of aliphatic hydroxyl groups excluding tert-OH is 1. The molecule has 1 aliphatic rings.